The zero-order valence-corrected chi connectivity index (χ0v) is 8.26. The van der Waals surface area contributed by atoms with Crippen LogP contribution in [-0.2, 0) is 13.6 Å². The lowest BCUT2D eigenvalue weighted by Gasteiger charge is -2.24. The first-order valence-electron chi connectivity index (χ1n) is 3.82. The molecule has 0 spiro atoms. The fourth-order valence-electron chi connectivity index (χ4n) is 1.02. The second-order valence-electron chi connectivity index (χ2n) is 2.76. The molecule has 1 rings (SSSR count). The van der Waals surface area contributed by atoms with Crippen molar-refractivity contribution in [2.45, 2.75) is 12.8 Å². The van der Waals surface area contributed by atoms with Crippen LogP contribution in [0.1, 0.15) is 12.8 Å². The van der Waals surface area contributed by atoms with Gasteiger partial charge in [0.2, 0.25) is 0 Å². The highest BCUT2D eigenvalue weighted by Gasteiger charge is 2.29. The van der Waals surface area contributed by atoms with Crippen LogP contribution >= 0.6 is 19.4 Å². The summed E-state index contributed by atoms with van der Waals surface area (Å²) in [6.07, 6.45) is 1.76. The van der Waals surface area contributed by atoms with Crippen LogP contribution in [0.25, 0.3) is 0 Å². The molecular formula is C6H12ClO4P. The third-order valence-corrected chi connectivity index (χ3v) is 2.91. The summed E-state index contributed by atoms with van der Waals surface area (Å²) in [6.45, 7) is 0.593. The van der Waals surface area contributed by atoms with Gasteiger partial charge in [-0.15, -0.1) is 11.6 Å². The van der Waals surface area contributed by atoms with Crippen LogP contribution in [0.4, 0.5) is 0 Å². The van der Waals surface area contributed by atoms with Crippen LogP contribution in [0.15, 0.2) is 0 Å². The van der Waals surface area contributed by atoms with Gasteiger partial charge in [-0.25, -0.2) is 4.57 Å². The van der Waals surface area contributed by atoms with E-state index in [1.165, 1.54) is 0 Å². The second-order valence-corrected chi connectivity index (χ2v) is 4.59. The van der Waals surface area contributed by atoms with Crippen LogP contribution in [0.5, 0.6) is 0 Å². The minimum absolute atomic E-state index is 0.206. The molecule has 0 bridgehead atoms. The van der Waals surface area contributed by atoms with Crippen molar-refractivity contribution in [3.63, 3.8) is 0 Å². The zero-order valence-electron chi connectivity index (χ0n) is 6.61. The monoisotopic (exact) mass is 214 g/mol. The number of phosphoric acid groups is 1. The summed E-state index contributed by atoms with van der Waals surface area (Å²) in [7, 11) is -3.69. The van der Waals surface area contributed by atoms with E-state index in [1.807, 2.05) is 0 Å². The Balaban J connectivity index is 2.22. The first kappa shape index (κ1) is 10.5. The van der Waals surface area contributed by atoms with E-state index in [0.717, 1.165) is 12.8 Å². The number of alkyl halides is 1. The second kappa shape index (κ2) is 4.58. The van der Waals surface area contributed by atoms with E-state index in [4.69, 9.17) is 16.5 Å². The van der Waals surface area contributed by atoms with Crippen molar-refractivity contribution in [2.75, 3.05) is 19.1 Å². The average Bonchev–Trinajstić information content (AvgIpc) is 2.03. The van der Waals surface area contributed by atoms with Gasteiger partial charge < -0.3 is 4.89 Å². The van der Waals surface area contributed by atoms with Crippen LogP contribution in [0, 0.1) is 5.92 Å². The standard InChI is InChI=1S/C6H12ClO4P/c7-3-1-2-6-4-10-12(8,9)11-5-6/h6H,1-5H2,(H,8,9). The summed E-state index contributed by atoms with van der Waals surface area (Å²) in [6, 6.07) is 0. The number of hydrogen-bond donors (Lipinski definition) is 1. The smallest absolute Gasteiger partial charge is 0.302 e. The molecule has 0 aromatic rings. The highest BCUT2D eigenvalue weighted by atomic mass is 35.5. The third-order valence-electron chi connectivity index (χ3n) is 1.69. The minimum Gasteiger partial charge on any atom is -0.302 e. The molecule has 0 saturated carbocycles. The molecule has 1 aliphatic rings. The predicted octanol–water partition coefficient (Wildman–Crippen LogP) is 1.77. The Morgan fingerprint density at radius 2 is 2.08 bits per heavy atom. The van der Waals surface area contributed by atoms with Gasteiger partial charge >= 0.3 is 7.82 Å². The van der Waals surface area contributed by atoms with E-state index >= 15 is 0 Å². The Labute approximate surface area is 76.4 Å². The van der Waals surface area contributed by atoms with Crippen molar-refractivity contribution < 1.29 is 18.5 Å². The van der Waals surface area contributed by atoms with Crippen LogP contribution < -0.4 is 0 Å². The summed E-state index contributed by atoms with van der Waals surface area (Å²) in [5.41, 5.74) is 0. The fourth-order valence-corrected chi connectivity index (χ4v) is 2.04. The summed E-state index contributed by atoms with van der Waals surface area (Å²) in [5, 5.41) is 0. The summed E-state index contributed by atoms with van der Waals surface area (Å²) >= 11 is 5.49. The number of hydrogen-bond acceptors (Lipinski definition) is 3. The van der Waals surface area contributed by atoms with Gasteiger partial charge in [-0.05, 0) is 12.8 Å². The first-order chi connectivity index (χ1) is 5.64. The molecule has 0 aromatic carbocycles. The van der Waals surface area contributed by atoms with Crippen molar-refractivity contribution in [3.8, 4) is 0 Å². The van der Waals surface area contributed by atoms with Gasteiger partial charge in [-0.2, -0.15) is 0 Å². The lowest BCUT2D eigenvalue weighted by molar-refractivity contribution is 0.0548. The van der Waals surface area contributed by atoms with Gasteiger partial charge in [-0.3, -0.25) is 9.05 Å². The summed E-state index contributed by atoms with van der Waals surface area (Å²) in [4.78, 5) is 8.80. The van der Waals surface area contributed by atoms with Crippen LogP contribution in [0.2, 0.25) is 0 Å². The molecule has 0 radical (unpaired) electrons. The predicted molar refractivity (Wildman–Crippen MR) is 45.2 cm³/mol. The molecule has 1 aliphatic heterocycles. The summed E-state index contributed by atoms with van der Waals surface area (Å²) in [5.74, 6) is 0.811. The molecule has 1 saturated heterocycles. The van der Waals surface area contributed by atoms with Gasteiger partial charge in [0, 0.05) is 11.8 Å². The van der Waals surface area contributed by atoms with E-state index < -0.39 is 7.82 Å². The number of rotatable bonds is 3. The lowest BCUT2D eigenvalue weighted by Crippen LogP contribution is -2.21. The molecular weight excluding hydrogens is 202 g/mol. The summed E-state index contributed by atoms with van der Waals surface area (Å²) < 4.78 is 20.0. The van der Waals surface area contributed by atoms with Crippen molar-refractivity contribution in [2.24, 2.45) is 5.92 Å². The molecule has 1 N–H and O–H groups in total. The Kier molecular flexibility index (Phi) is 4.00. The topological polar surface area (TPSA) is 55.8 Å². The molecule has 12 heavy (non-hydrogen) atoms. The SMILES string of the molecule is O=P1(O)OCC(CCCCl)CO1. The van der Waals surface area contributed by atoms with E-state index in [2.05, 4.69) is 9.05 Å². The largest absolute Gasteiger partial charge is 0.472 e. The Morgan fingerprint density at radius 1 is 1.50 bits per heavy atom. The molecule has 0 aromatic heterocycles. The van der Waals surface area contributed by atoms with Gasteiger partial charge in [-0.1, -0.05) is 0 Å². The Hall–Kier alpha value is 0.400. The fraction of sp³-hybridized carbons (Fsp3) is 1.00. The quantitative estimate of drug-likeness (QED) is 0.575. The lowest BCUT2D eigenvalue weighted by atomic mass is 10.1. The average molecular weight is 215 g/mol. The van der Waals surface area contributed by atoms with Crippen molar-refractivity contribution in [1.29, 1.82) is 0 Å². The van der Waals surface area contributed by atoms with E-state index in [1.54, 1.807) is 0 Å². The van der Waals surface area contributed by atoms with Crippen LogP contribution in [0.3, 0.4) is 0 Å². The third kappa shape index (κ3) is 3.42. The van der Waals surface area contributed by atoms with Gasteiger partial charge in [0.1, 0.15) is 0 Å². The maximum absolute atomic E-state index is 10.7. The molecule has 0 amide bonds. The maximum Gasteiger partial charge on any atom is 0.472 e. The molecule has 0 aliphatic carbocycles. The van der Waals surface area contributed by atoms with Crippen molar-refractivity contribution in [3.05, 3.63) is 0 Å². The number of halogens is 1. The normalized spacial score (nSPS) is 36.7. The molecule has 0 unspecified atom stereocenters. The first-order valence-corrected chi connectivity index (χ1v) is 5.85. The van der Waals surface area contributed by atoms with Gasteiger partial charge in [0.15, 0.2) is 0 Å². The van der Waals surface area contributed by atoms with Crippen molar-refractivity contribution in [1.82, 2.24) is 0 Å². The molecule has 6 heteroatoms. The molecule has 0 atom stereocenters. The zero-order chi connectivity index (χ0) is 9.03. The van der Waals surface area contributed by atoms with Gasteiger partial charge in [0.25, 0.3) is 0 Å². The van der Waals surface area contributed by atoms with Crippen molar-refractivity contribution >= 4 is 19.4 Å². The van der Waals surface area contributed by atoms with Gasteiger partial charge in [0.05, 0.1) is 13.2 Å². The van der Waals surface area contributed by atoms with E-state index in [0.29, 0.717) is 19.1 Å². The van der Waals surface area contributed by atoms with E-state index in [-0.39, 0.29) is 5.92 Å². The molecule has 1 fully saturated rings. The molecule has 4 nitrogen and oxygen atoms in total. The van der Waals surface area contributed by atoms with Crippen LogP contribution in [-0.4, -0.2) is 24.0 Å². The Morgan fingerprint density at radius 3 is 2.58 bits per heavy atom. The Bertz CT molecular complexity index is 174. The molecule has 1 heterocycles. The number of phosphoric ester groups is 1. The molecule has 72 valence electrons. The van der Waals surface area contributed by atoms with E-state index in [9.17, 15) is 4.57 Å². The highest BCUT2D eigenvalue weighted by Crippen LogP contribution is 2.47. The minimum atomic E-state index is -3.69. The highest BCUT2D eigenvalue weighted by molar-refractivity contribution is 7.47. The maximum atomic E-state index is 10.7.